The highest BCUT2D eigenvalue weighted by atomic mass is 16.6. The van der Waals surface area contributed by atoms with Crippen LogP contribution in [0.1, 0.15) is 5.56 Å². The lowest BCUT2D eigenvalue weighted by atomic mass is 10.2. The molecule has 0 unspecified atom stereocenters. The van der Waals surface area contributed by atoms with Crippen molar-refractivity contribution in [3.63, 3.8) is 0 Å². The fraction of sp³-hybridized carbons (Fsp3) is 0.111. The van der Waals surface area contributed by atoms with Gasteiger partial charge in [0.15, 0.2) is 0 Å². The van der Waals surface area contributed by atoms with E-state index in [4.69, 9.17) is 11.6 Å². The van der Waals surface area contributed by atoms with Crippen molar-refractivity contribution < 1.29 is 4.92 Å². The Hall–Kier alpha value is -2.08. The van der Waals surface area contributed by atoms with Gasteiger partial charge in [-0.25, -0.2) is 5.84 Å². The summed E-state index contributed by atoms with van der Waals surface area (Å²) in [6, 6.07) is 4.43. The summed E-state index contributed by atoms with van der Waals surface area (Å²) in [4.78, 5) is 10.0. The molecule has 0 saturated heterocycles. The Bertz CT molecular complexity index is 403. The van der Waals surface area contributed by atoms with Gasteiger partial charge in [0.05, 0.1) is 10.6 Å². The van der Waals surface area contributed by atoms with E-state index in [1.165, 1.54) is 29.5 Å². The zero-order valence-corrected chi connectivity index (χ0v) is 8.25. The van der Waals surface area contributed by atoms with Gasteiger partial charge in [0, 0.05) is 24.5 Å². The van der Waals surface area contributed by atoms with E-state index in [2.05, 4.69) is 0 Å². The summed E-state index contributed by atoms with van der Waals surface area (Å²) in [5.41, 5.74) is 6.61. The van der Waals surface area contributed by atoms with Gasteiger partial charge in [0.1, 0.15) is 0 Å². The molecule has 0 atom stereocenters. The van der Waals surface area contributed by atoms with Crippen LogP contribution in [0.3, 0.4) is 0 Å². The summed E-state index contributed by atoms with van der Waals surface area (Å²) < 4.78 is 0. The second-order valence-electron chi connectivity index (χ2n) is 2.98. The Kier molecular flexibility index (Phi) is 3.25. The van der Waals surface area contributed by atoms with Gasteiger partial charge in [-0.05, 0) is 18.6 Å². The maximum Gasteiger partial charge on any atom is 0.269 e. The van der Waals surface area contributed by atoms with Gasteiger partial charge < -0.3 is 5.73 Å². The van der Waals surface area contributed by atoms with E-state index in [1.54, 1.807) is 13.0 Å². The molecular formula is C9H12N4O2. The van der Waals surface area contributed by atoms with Crippen molar-refractivity contribution in [3.8, 4) is 0 Å². The second-order valence-corrected chi connectivity index (χ2v) is 2.98. The monoisotopic (exact) mass is 208 g/mol. The lowest BCUT2D eigenvalue weighted by molar-refractivity contribution is -0.384. The fourth-order valence-corrected chi connectivity index (χ4v) is 1.22. The number of hydrazine groups is 1. The molecule has 80 valence electrons. The molecule has 0 aromatic heterocycles. The predicted octanol–water partition coefficient (Wildman–Crippen LogP) is 1.01. The summed E-state index contributed by atoms with van der Waals surface area (Å²) in [5, 5.41) is 11.8. The number of rotatable bonds is 3. The van der Waals surface area contributed by atoms with Crippen LogP contribution in [0, 0.1) is 17.0 Å². The normalized spacial score (nSPS) is 10.5. The number of nitro benzene ring substituents is 1. The molecule has 4 N–H and O–H groups in total. The van der Waals surface area contributed by atoms with E-state index >= 15 is 0 Å². The first-order valence-corrected chi connectivity index (χ1v) is 4.23. The van der Waals surface area contributed by atoms with E-state index in [-0.39, 0.29) is 5.69 Å². The van der Waals surface area contributed by atoms with Crippen LogP contribution >= 0.6 is 0 Å². The van der Waals surface area contributed by atoms with Crippen molar-refractivity contribution in [1.29, 1.82) is 0 Å². The Morgan fingerprint density at radius 1 is 1.53 bits per heavy atom. The van der Waals surface area contributed by atoms with Gasteiger partial charge in [-0.3, -0.25) is 15.1 Å². The molecule has 0 radical (unpaired) electrons. The number of nitro groups is 1. The minimum Gasteiger partial charge on any atom is -0.403 e. The van der Waals surface area contributed by atoms with Gasteiger partial charge in [0.25, 0.3) is 5.69 Å². The highest BCUT2D eigenvalue weighted by molar-refractivity contribution is 5.57. The molecule has 0 aliphatic carbocycles. The SMILES string of the molecule is Cc1cc([N+](=O)[O-])ccc1N(N)/C=C\N. The van der Waals surface area contributed by atoms with Crippen LogP contribution in [0.25, 0.3) is 0 Å². The summed E-state index contributed by atoms with van der Waals surface area (Å²) in [7, 11) is 0. The fourth-order valence-electron chi connectivity index (χ4n) is 1.22. The summed E-state index contributed by atoms with van der Waals surface area (Å²) in [6.45, 7) is 1.74. The highest BCUT2D eigenvalue weighted by Gasteiger charge is 2.09. The molecule has 0 aliphatic heterocycles. The standard InChI is InChI=1S/C9H12N4O2/c1-7-6-8(13(14)15)2-3-9(7)12(11)5-4-10/h2-6H,10-11H2,1H3/b5-4-. The van der Waals surface area contributed by atoms with E-state index in [0.717, 1.165) is 0 Å². The van der Waals surface area contributed by atoms with Crippen LogP contribution in [0.2, 0.25) is 0 Å². The van der Waals surface area contributed by atoms with E-state index in [0.29, 0.717) is 11.3 Å². The topological polar surface area (TPSA) is 98.4 Å². The van der Waals surface area contributed by atoms with Gasteiger partial charge in [-0.1, -0.05) is 0 Å². The Labute approximate surface area is 86.9 Å². The first-order valence-electron chi connectivity index (χ1n) is 4.23. The first kappa shape index (κ1) is 11.0. The molecule has 6 nitrogen and oxygen atoms in total. The Morgan fingerprint density at radius 2 is 2.20 bits per heavy atom. The number of hydrogen-bond acceptors (Lipinski definition) is 5. The van der Waals surface area contributed by atoms with Gasteiger partial charge in [0.2, 0.25) is 0 Å². The van der Waals surface area contributed by atoms with Gasteiger partial charge in [-0.2, -0.15) is 0 Å². The number of anilines is 1. The van der Waals surface area contributed by atoms with Gasteiger partial charge >= 0.3 is 0 Å². The van der Waals surface area contributed by atoms with Crippen molar-refractivity contribution >= 4 is 11.4 Å². The second kappa shape index (κ2) is 4.43. The van der Waals surface area contributed by atoms with Crippen molar-refractivity contribution in [2.75, 3.05) is 5.01 Å². The summed E-state index contributed by atoms with van der Waals surface area (Å²) in [5.74, 6) is 5.63. The molecule has 0 fully saturated rings. The average molecular weight is 208 g/mol. The molecule has 0 saturated carbocycles. The maximum atomic E-state index is 10.5. The van der Waals surface area contributed by atoms with Crippen LogP contribution in [0.4, 0.5) is 11.4 Å². The number of benzene rings is 1. The molecule has 0 amide bonds. The molecule has 0 heterocycles. The summed E-state index contributed by atoms with van der Waals surface area (Å²) >= 11 is 0. The van der Waals surface area contributed by atoms with Crippen LogP contribution < -0.4 is 16.6 Å². The lowest BCUT2D eigenvalue weighted by Crippen LogP contribution is -2.25. The average Bonchev–Trinajstić information content (AvgIpc) is 2.17. The Balaban J connectivity index is 3.08. The molecular weight excluding hydrogens is 196 g/mol. The van der Waals surface area contributed by atoms with E-state index in [9.17, 15) is 10.1 Å². The first-order chi connectivity index (χ1) is 7.06. The quantitative estimate of drug-likeness (QED) is 0.439. The van der Waals surface area contributed by atoms with Crippen LogP contribution in [0.15, 0.2) is 30.6 Å². The summed E-state index contributed by atoms with van der Waals surface area (Å²) in [6.07, 6.45) is 2.76. The van der Waals surface area contributed by atoms with Crippen LogP contribution in [-0.4, -0.2) is 4.92 Å². The molecule has 15 heavy (non-hydrogen) atoms. The predicted molar refractivity (Wildman–Crippen MR) is 57.8 cm³/mol. The largest absolute Gasteiger partial charge is 0.403 e. The minimum absolute atomic E-state index is 0.0429. The molecule has 0 bridgehead atoms. The van der Waals surface area contributed by atoms with Crippen molar-refractivity contribution in [2.45, 2.75) is 6.92 Å². The van der Waals surface area contributed by atoms with Crippen molar-refractivity contribution in [1.82, 2.24) is 0 Å². The number of nitrogens with two attached hydrogens (primary N) is 2. The van der Waals surface area contributed by atoms with E-state index < -0.39 is 4.92 Å². The third-order valence-corrected chi connectivity index (χ3v) is 1.92. The number of aryl methyl sites for hydroxylation is 1. The lowest BCUT2D eigenvalue weighted by Gasteiger charge is -2.15. The smallest absolute Gasteiger partial charge is 0.269 e. The molecule has 1 aromatic carbocycles. The van der Waals surface area contributed by atoms with Crippen molar-refractivity contribution in [3.05, 3.63) is 46.3 Å². The maximum absolute atomic E-state index is 10.5. The highest BCUT2D eigenvalue weighted by Crippen LogP contribution is 2.22. The third kappa shape index (κ3) is 2.44. The van der Waals surface area contributed by atoms with Gasteiger partial charge in [-0.15, -0.1) is 0 Å². The van der Waals surface area contributed by atoms with Crippen molar-refractivity contribution in [2.24, 2.45) is 11.6 Å². The van der Waals surface area contributed by atoms with Crippen LogP contribution in [0.5, 0.6) is 0 Å². The zero-order valence-electron chi connectivity index (χ0n) is 8.25. The Morgan fingerprint density at radius 3 is 2.67 bits per heavy atom. The minimum atomic E-state index is -0.448. The number of non-ortho nitro benzene ring substituents is 1. The third-order valence-electron chi connectivity index (χ3n) is 1.92. The van der Waals surface area contributed by atoms with Crippen LogP contribution in [-0.2, 0) is 0 Å². The zero-order chi connectivity index (χ0) is 11.4. The number of nitrogens with zero attached hydrogens (tertiary/aromatic N) is 2. The molecule has 1 rings (SSSR count). The molecule has 6 heteroatoms. The molecule has 1 aromatic rings. The molecule has 0 spiro atoms. The van der Waals surface area contributed by atoms with E-state index in [1.807, 2.05) is 0 Å². The molecule has 0 aliphatic rings. The number of hydrogen-bond donors (Lipinski definition) is 2.